The molecule has 0 amide bonds. The van der Waals surface area contributed by atoms with E-state index in [0.29, 0.717) is 11.3 Å². The van der Waals surface area contributed by atoms with Gasteiger partial charge < -0.3 is 10.4 Å². The van der Waals surface area contributed by atoms with Gasteiger partial charge in [0.15, 0.2) is 11.6 Å². The van der Waals surface area contributed by atoms with Gasteiger partial charge in [-0.2, -0.15) is 0 Å². The molecule has 2 N–H and O–H groups in total. The van der Waals surface area contributed by atoms with Crippen molar-refractivity contribution in [3.63, 3.8) is 0 Å². The molecule has 1 aliphatic carbocycles. The van der Waals surface area contributed by atoms with E-state index in [1.54, 1.807) is 24.3 Å². The maximum atomic E-state index is 13.3. The first-order valence-corrected chi connectivity index (χ1v) is 9.39. The third kappa shape index (κ3) is 2.68. The number of carboxylic acids is 1. The molecule has 5 rings (SSSR count). The van der Waals surface area contributed by atoms with Crippen LogP contribution < -0.4 is 5.32 Å². The smallest absolute Gasteiger partial charge is 0.337 e. The second kappa shape index (κ2) is 6.67. The summed E-state index contributed by atoms with van der Waals surface area (Å²) in [6.45, 7) is 0. The van der Waals surface area contributed by atoms with Gasteiger partial charge in [0.25, 0.3) is 0 Å². The zero-order chi connectivity index (χ0) is 20.8. The van der Waals surface area contributed by atoms with Crippen molar-refractivity contribution in [3.05, 3.63) is 107 Å². The zero-order valence-corrected chi connectivity index (χ0v) is 15.7. The summed E-state index contributed by atoms with van der Waals surface area (Å²) in [6.07, 6.45) is 0. The molecule has 4 aromatic rings. The Kier molecular flexibility index (Phi) is 3.96. The highest BCUT2D eigenvalue weighted by Crippen LogP contribution is 2.36. The van der Waals surface area contributed by atoms with Crippen LogP contribution in [0.3, 0.4) is 0 Å². The lowest BCUT2D eigenvalue weighted by molar-refractivity contribution is 0.0697. The van der Waals surface area contributed by atoms with Gasteiger partial charge in [-0.25, -0.2) is 4.79 Å². The van der Waals surface area contributed by atoms with Gasteiger partial charge in [-0.05, 0) is 35.0 Å². The lowest BCUT2D eigenvalue weighted by Gasteiger charge is -2.22. The Bertz CT molecular complexity index is 1390. The van der Waals surface area contributed by atoms with Crippen molar-refractivity contribution in [1.29, 1.82) is 0 Å². The number of rotatable bonds is 3. The van der Waals surface area contributed by atoms with Crippen molar-refractivity contribution < 1.29 is 19.5 Å². The van der Waals surface area contributed by atoms with E-state index in [4.69, 9.17) is 0 Å². The normalized spacial score (nSPS) is 12.4. The van der Waals surface area contributed by atoms with Gasteiger partial charge in [0.2, 0.25) is 0 Å². The molecule has 0 spiro atoms. The molecule has 0 heterocycles. The molecule has 144 valence electrons. The molecule has 0 fully saturated rings. The van der Waals surface area contributed by atoms with Gasteiger partial charge in [-0.15, -0.1) is 0 Å². The quantitative estimate of drug-likeness (QED) is 0.448. The van der Waals surface area contributed by atoms with Crippen molar-refractivity contribution in [2.45, 2.75) is 0 Å². The molecule has 30 heavy (non-hydrogen) atoms. The van der Waals surface area contributed by atoms with E-state index in [0.717, 1.165) is 10.8 Å². The predicted molar refractivity (Wildman–Crippen MR) is 114 cm³/mol. The lowest BCUT2D eigenvalue weighted by atomic mass is 9.82. The summed E-state index contributed by atoms with van der Waals surface area (Å²) in [7, 11) is 0. The van der Waals surface area contributed by atoms with Crippen molar-refractivity contribution in [2.75, 3.05) is 5.32 Å². The Morgan fingerprint density at radius 3 is 2.10 bits per heavy atom. The fourth-order valence-electron chi connectivity index (χ4n) is 3.91. The monoisotopic (exact) mass is 393 g/mol. The van der Waals surface area contributed by atoms with Crippen LogP contribution in [0.2, 0.25) is 0 Å². The van der Waals surface area contributed by atoms with E-state index in [-0.39, 0.29) is 39.5 Å². The number of carbonyl (C=O) groups excluding carboxylic acids is 2. The van der Waals surface area contributed by atoms with Crippen molar-refractivity contribution in [2.24, 2.45) is 0 Å². The molecule has 0 aromatic heterocycles. The van der Waals surface area contributed by atoms with Crippen LogP contribution in [0.1, 0.15) is 42.2 Å². The van der Waals surface area contributed by atoms with Gasteiger partial charge in [0, 0.05) is 22.4 Å². The Hall–Kier alpha value is -4.25. The summed E-state index contributed by atoms with van der Waals surface area (Å²) < 4.78 is 0. The highest BCUT2D eigenvalue weighted by atomic mass is 16.4. The SMILES string of the molecule is O=C(O)c1ccc2c(c1Nc1ccc3ccccc3c1)C(=O)c1ccccc1C2=O. The Balaban J connectivity index is 1.71. The number of aromatic carboxylic acids is 1. The molecule has 0 bridgehead atoms. The van der Waals surface area contributed by atoms with Crippen LogP contribution in [0.15, 0.2) is 78.9 Å². The summed E-state index contributed by atoms with van der Waals surface area (Å²) in [5.41, 5.74) is 1.59. The van der Waals surface area contributed by atoms with E-state index in [9.17, 15) is 19.5 Å². The van der Waals surface area contributed by atoms with Gasteiger partial charge in [-0.1, -0.05) is 54.6 Å². The first-order valence-electron chi connectivity index (χ1n) is 9.39. The molecule has 4 aromatic carbocycles. The molecule has 0 atom stereocenters. The third-order valence-corrected chi connectivity index (χ3v) is 5.34. The Morgan fingerprint density at radius 2 is 1.37 bits per heavy atom. The van der Waals surface area contributed by atoms with Gasteiger partial charge in [0.05, 0.1) is 16.8 Å². The lowest BCUT2D eigenvalue weighted by Crippen LogP contribution is -2.23. The molecule has 1 aliphatic rings. The standard InChI is InChI=1S/C25H15NO4/c27-23-17-7-3-4-8-18(17)24(28)21-19(23)11-12-20(25(29)30)22(21)26-16-10-9-14-5-1-2-6-15(14)13-16/h1-13,26H,(H,29,30). The third-order valence-electron chi connectivity index (χ3n) is 5.34. The fraction of sp³-hybridized carbons (Fsp3) is 0. The van der Waals surface area contributed by atoms with Crippen LogP contribution >= 0.6 is 0 Å². The predicted octanol–water partition coefficient (Wildman–Crippen LogP) is 5.06. The van der Waals surface area contributed by atoms with Crippen molar-refractivity contribution in [1.82, 2.24) is 0 Å². The molecule has 0 radical (unpaired) electrons. The first kappa shape index (κ1) is 17.8. The number of nitrogens with one attached hydrogen (secondary N) is 1. The maximum Gasteiger partial charge on any atom is 0.337 e. The average molecular weight is 393 g/mol. The van der Waals surface area contributed by atoms with E-state index in [1.807, 2.05) is 42.5 Å². The number of fused-ring (bicyclic) bond motifs is 3. The molecule has 0 saturated carbocycles. The first-order chi connectivity index (χ1) is 14.5. The van der Waals surface area contributed by atoms with Crippen LogP contribution in [0.4, 0.5) is 11.4 Å². The van der Waals surface area contributed by atoms with E-state index in [2.05, 4.69) is 5.32 Å². The molecule has 5 nitrogen and oxygen atoms in total. The second-order valence-corrected chi connectivity index (χ2v) is 7.11. The number of carbonyl (C=O) groups is 3. The second-order valence-electron chi connectivity index (χ2n) is 7.11. The van der Waals surface area contributed by atoms with Crippen molar-refractivity contribution in [3.8, 4) is 0 Å². The summed E-state index contributed by atoms with van der Waals surface area (Å²) in [6, 6.07) is 22.8. The molecule has 0 saturated heterocycles. The maximum absolute atomic E-state index is 13.3. The Morgan fingerprint density at radius 1 is 0.700 bits per heavy atom. The minimum Gasteiger partial charge on any atom is -0.478 e. The summed E-state index contributed by atoms with van der Waals surface area (Å²) >= 11 is 0. The highest BCUT2D eigenvalue weighted by Gasteiger charge is 2.33. The van der Waals surface area contributed by atoms with Gasteiger partial charge >= 0.3 is 5.97 Å². The van der Waals surface area contributed by atoms with Crippen LogP contribution in [0, 0.1) is 0 Å². The van der Waals surface area contributed by atoms with E-state index in [1.165, 1.54) is 12.1 Å². The zero-order valence-electron chi connectivity index (χ0n) is 15.7. The molecule has 5 heteroatoms. The number of carboxylic acid groups (broad SMARTS) is 1. The van der Waals surface area contributed by atoms with Crippen LogP contribution in [0.5, 0.6) is 0 Å². The number of hydrogen-bond acceptors (Lipinski definition) is 4. The molecular weight excluding hydrogens is 378 g/mol. The van der Waals surface area contributed by atoms with Crippen LogP contribution in [-0.2, 0) is 0 Å². The fourth-order valence-corrected chi connectivity index (χ4v) is 3.91. The number of hydrogen-bond donors (Lipinski definition) is 2. The molecule has 0 unspecified atom stereocenters. The topological polar surface area (TPSA) is 83.5 Å². The van der Waals surface area contributed by atoms with Gasteiger partial charge in [0.1, 0.15) is 0 Å². The number of benzene rings is 4. The summed E-state index contributed by atoms with van der Waals surface area (Å²) in [5, 5.41) is 14.8. The van der Waals surface area contributed by atoms with Crippen LogP contribution in [-0.4, -0.2) is 22.6 Å². The largest absolute Gasteiger partial charge is 0.478 e. The average Bonchev–Trinajstić information content (AvgIpc) is 2.77. The van der Waals surface area contributed by atoms with Gasteiger partial charge in [-0.3, -0.25) is 9.59 Å². The summed E-state index contributed by atoms with van der Waals surface area (Å²) in [4.78, 5) is 38.2. The van der Waals surface area contributed by atoms with E-state index < -0.39 is 5.97 Å². The van der Waals surface area contributed by atoms with Crippen LogP contribution in [0.25, 0.3) is 10.8 Å². The van der Waals surface area contributed by atoms with Crippen molar-refractivity contribution >= 4 is 39.7 Å². The number of anilines is 2. The van der Waals surface area contributed by atoms with E-state index >= 15 is 0 Å². The minimum absolute atomic E-state index is 0.0672. The Labute approximate surface area is 171 Å². The highest BCUT2D eigenvalue weighted by molar-refractivity contribution is 6.31. The minimum atomic E-state index is -1.18. The summed E-state index contributed by atoms with van der Waals surface area (Å²) in [5.74, 6) is -1.84. The molecular formula is C25H15NO4. The number of ketones is 2. The molecule has 0 aliphatic heterocycles.